The minimum Gasteiger partial charge on any atom is -0.491 e. The monoisotopic (exact) mass is 321 g/mol. The van der Waals surface area contributed by atoms with E-state index in [1.54, 1.807) is 0 Å². The van der Waals surface area contributed by atoms with Gasteiger partial charge in [-0.2, -0.15) is 0 Å². The zero-order valence-corrected chi connectivity index (χ0v) is 15.0. The van der Waals surface area contributed by atoms with Crippen LogP contribution in [0.1, 0.15) is 41.0 Å². The SMILES string of the molecule is CCOC(CCN=C(N)Nc1ccc(OC(C)C)cc1)C(C)C. The van der Waals surface area contributed by atoms with E-state index in [1.165, 1.54) is 0 Å². The number of nitrogens with two attached hydrogens (primary N) is 1. The van der Waals surface area contributed by atoms with Crippen LogP contribution in [0.25, 0.3) is 0 Å². The van der Waals surface area contributed by atoms with Crippen LogP contribution < -0.4 is 15.8 Å². The van der Waals surface area contributed by atoms with E-state index in [0.29, 0.717) is 18.4 Å². The summed E-state index contributed by atoms with van der Waals surface area (Å²) in [4.78, 5) is 4.37. The standard InChI is InChI=1S/C18H31N3O2/c1-6-22-17(13(2)3)11-12-20-18(19)21-15-7-9-16(10-8-15)23-14(4)5/h7-10,13-14,17H,6,11-12H2,1-5H3,(H3,19,20,21). The van der Waals surface area contributed by atoms with Crippen molar-refractivity contribution in [2.75, 3.05) is 18.5 Å². The van der Waals surface area contributed by atoms with Crippen molar-refractivity contribution < 1.29 is 9.47 Å². The highest BCUT2D eigenvalue weighted by Crippen LogP contribution is 2.16. The lowest BCUT2D eigenvalue weighted by Gasteiger charge is -2.19. The first-order chi connectivity index (χ1) is 10.9. The Bertz CT molecular complexity index is 470. The number of rotatable bonds is 9. The minimum atomic E-state index is 0.166. The first kappa shape index (κ1) is 19.3. The Kier molecular flexibility index (Phi) is 8.48. The van der Waals surface area contributed by atoms with Gasteiger partial charge in [0.15, 0.2) is 5.96 Å². The van der Waals surface area contributed by atoms with E-state index in [9.17, 15) is 0 Å². The van der Waals surface area contributed by atoms with E-state index in [-0.39, 0.29) is 12.2 Å². The third-order valence-electron chi connectivity index (χ3n) is 3.32. The average molecular weight is 321 g/mol. The van der Waals surface area contributed by atoms with Gasteiger partial charge in [-0.25, -0.2) is 0 Å². The van der Waals surface area contributed by atoms with Gasteiger partial charge >= 0.3 is 0 Å². The van der Waals surface area contributed by atoms with E-state index in [1.807, 2.05) is 45.0 Å². The van der Waals surface area contributed by atoms with Gasteiger partial charge in [0, 0.05) is 18.8 Å². The maximum absolute atomic E-state index is 5.93. The maximum Gasteiger partial charge on any atom is 0.193 e. The molecule has 0 radical (unpaired) electrons. The van der Waals surface area contributed by atoms with Crippen molar-refractivity contribution in [2.24, 2.45) is 16.6 Å². The fourth-order valence-electron chi connectivity index (χ4n) is 2.21. The second-order valence-electron chi connectivity index (χ2n) is 6.11. The third-order valence-corrected chi connectivity index (χ3v) is 3.32. The highest BCUT2D eigenvalue weighted by molar-refractivity contribution is 5.92. The first-order valence-electron chi connectivity index (χ1n) is 8.37. The van der Waals surface area contributed by atoms with Crippen molar-refractivity contribution in [3.05, 3.63) is 24.3 Å². The molecule has 1 rings (SSSR count). The van der Waals surface area contributed by atoms with Gasteiger partial charge in [-0.3, -0.25) is 4.99 Å². The number of hydrogen-bond donors (Lipinski definition) is 2. The molecule has 0 saturated carbocycles. The summed E-state index contributed by atoms with van der Waals surface area (Å²) in [6.07, 6.45) is 1.26. The van der Waals surface area contributed by atoms with Crippen LogP contribution in [0.2, 0.25) is 0 Å². The molecule has 23 heavy (non-hydrogen) atoms. The summed E-state index contributed by atoms with van der Waals surface area (Å²) in [6.45, 7) is 11.7. The van der Waals surface area contributed by atoms with Crippen LogP contribution >= 0.6 is 0 Å². The Morgan fingerprint density at radius 3 is 2.35 bits per heavy atom. The van der Waals surface area contributed by atoms with Crippen molar-refractivity contribution in [3.8, 4) is 5.75 Å². The summed E-state index contributed by atoms with van der Waals surface area (Å²) in [5.41, 5.74) is 6.82. The summed E-state index contributed by atoms with van der Waals surface area (Å²) in [5.74, 6) is 1.74. The molecule has 0 spiro atoms. The lowest BCUT2D eigenvalue weighted by molar-refractivity contribution is 0.0266. The zero-order chi connectivity index (χ0) is 17.2. The normalized spacial score (nSPS) is 13.4. The van der Waals surface area contributed by atoms with Gasteiger partial charge in [0.2, 0.25) is 0 Å². The Hall–Kier alpha value is -1.75. The van der Waals surface area contributed by atoms with Crippen molar-refractivity contribution in [1.29, 1.82) is 0 Å². The number of nitrogens with one attached hydrogen (secondary N) is 1. The second kappa shape index (κ2) is 10.1. The van der Waals surface area contributed by atoms with Gasteiger partial charge in [-0.1, -0.05) is 13.8 Å². The van der Waals surface area contributed by atoms with Crippen molar-refractivity contribution in [1.82, 2.24) is 0 Å². The Morgan fingerprint density at radius 1 is 1.17 bits per heavy atom. The molecule has 1 unspecified atom stereocenters. The summed E-state index contributed by atoms with van der Waals surface area (Å²) < 4.78 is 11.3. The number of benzene rings is 1. The van der Waals surface area contributed by atoms with Gasteiger partial charge in [0.1, 0.15) is 5.75 Å². The zero-order valence-electron chi connectivity index (χ0n) is 15.0. The summed E-state index contributed by atoms with van der Waals surface area (Å²) in [6, 6.07) is 7.69. The summed E-state index contributed by atoms with van der Waals surface area (Å²) in [7, 11) is 0. The predicted molar refractivity (Wildman–Crippen MR) is 97.2 cm³/mol. The van der Waals surface area contributed by atoms with E-state index >= 15 is 0 Å². The molecule has 130 valence electrons. The van der Waals surface area contributed by atoms with E-state index in [4.69, 9.17) is 15.2 Å². The van der Waals surface area contributed by atoms with Gasteiger partial charge < -0.3 is 20.5 Å². The summed E-state index contributed by atoms with van der Waals surface area (Å²) in [5, 5.41) is 3.09. The molecule has 0 heterocycles. The van der Waals surface area contributed by atoms with Crippen molar-refractivity contribution >= 4 is 11.6 Å². The molecule has 0 aromatic heterocycles. The molecular formula is C18H31N3O2. The number of aliphatic imine (C=N–C) groups is 1. The number of anilines is 1. The third kappa shape index (κ3) is 7.88. The fourth-order valence-corrected chi connectivity index (χ4v) is 2.21. The largest absolute Gasteiger partial charge is 0.491 e. The van der Waals surface area contributed by atoms with Gasteiger partial charge in [-0.15, -0.1) is 0 Å². The minimum absolute atomic E-state index is 0.166. The van der Waals surface area contributed by atoms with E-state index in [2.05, 4.69) is 24.2 Å². The van der Waals surface area contributed by atoms with E-state index < -0.39 is 0 Å². The highest BCUT2D eigenvalue weighted by atomic mass is 16.5. The van der Waals surface area contributed by atoms with Crippen molar-refractivity contribution in [3.63, 3.8) is 0 Å². The van der Waals surface area contributed by atoms with Crippen molar-refractivity contribution in [2.45, 2.75) is 53.2 Å². The fraction of sp³-hybridized carbons (Fsp3) is 0.611. The summed E-state index contributed by atoms with van der Waals surface area (Å²) >= 11 is 0. The molecule has 0 fully saturated rings. The molecule has 0 aliphatic carbocycles. The van der Waals surface area contributed by atoms with Gasteiger partial charge in [-0.05, 0) is 57.4 Å². The maximum atomic E-state index is 5.93. The number of guanidine groups is 1. The molecule has 3 N–H and O–H groups in total. The molecule has 5 heteroatoms. The quantitative estimate of drug-likeness (QED) is 0.538. The van der Waals surface area contributed by atoms with Crippen LogP contribution in [0, 0.1) is 5.92 Å². The molecule has 5 nitrogen and oxygen atoms in total. The van der Waals surface area contributed by atoms with Crippen LogP contribution in [0.3, 0.4) is 0 Å². The molecule has 1 aromatic rings. The lowest BCUT2D eigenvalue weighted by Crippen LogP contribution is -2.25. The second-order valence-corrected chi connectivity index (χ2v) is 6.11. The predicted octanol–water partition coefficient (Wildman–Crippen LogP) is 3.65. The Labute approximate surface area is 140 Å². The Balaban J connectivity index is 2.46. The van der Waals surface area contributed by atoms with E-state index in [0.717, 1.165) is 24.5 Å². The molecule has 0 aliphatic rings. The average Bonchev–Trinajstić information content (AvgIpc) is 2.47. The van der Waals surface area contributed by atoms with Crippen LogP contribution in [0.15, 0.2) is 29.3 Å². The van der Waals surface area contributed by atoms with Crippen LogP contribution in [0.5, 0.6) is 5.75 Å². The molecular weight excluding hydrogens is 290 g/mol. The molecule has 0 bridgehead atoms. The molecule has 0 saturated heterocycles. The molecule has 0 aliphatic heterocycles. The highest BCUT2D eigenvalue weighted by Gasteiger charge is 2.12. The lowest BCUT2D eigenvalue weighted by atomic mass is 10.0. The molecule has 0 amide bonds. The smallest absolute Gasteiger partial charge is 0.193 e. The molecule has 1 aromatic carbocycles. The topological polar surface area (TPSA) is 68.9 Å². The number of nitrogens with zero attached hydrogens (tertiary/aromatic N) is 1. The van der Waals surface area contributed by atoms with Crippen LogP contribution in [-0.4, -0.2) is 31.3 Å². The number of hydrogen-bond acceptors (Lipinski definition) is 3. The van der Waals surface area contributed by atoms with Crippen LogP contribution in [0.4, 0.5) is 5.69 Å². The number of ether oxygens (including phenoxy) is 2. The molecule has 1 atom stereocenters. The van der Waals surface area contributed by atoms with Crippen LogP contribution in [-0.2, 0) is 4.74 Å². The Morgan fingerprint density at radius 2 is 1.83 bits per heavy atom. The first-order valence-corrected chi connectivity index (χ1v) is 8.37. The van der Waals surface area contributed by atoms with Gasteiger partial charge in [0.05, 0.1) is 12.2 Å². The van der Waals surface area contributed by atoms with Gasteiger partial charge in [0.25, 0.3) is 0 Å².